The molecule has 0 saturated carbocycles. The van der Waals surface area contributed by atoms with Gasteiger partial charge < -0.3 is 9.84 Å². The lowest BCUT2D eigenvalue weighted by atomic mass is 10.4. The number of esters is 1. The maximum absolute atomic E-state index is 10.8. The van der Waals surface area contributed by atoms with Crippen LogP contribution in [0.3, 0.4) is 0 Å². The molecule has 80 valence electrons. The smallest absolute Gasteiger partial charge is 0.354 e. The summed E-state index contributed by atoms with van der Waals surface area (Å²) in [5, 5.41) is 9.16. The van der Waals surface area contributed by atoms with E-state index in [0.717, 1.165) is 11.8 Å². The lowest BCUT2D eigenvalue weighted by Gasteiger charge is -2.00. The third-order valence-electron chi connectivity index (χ3n) is 1.51. The van der Waals surface area contributed by atoms with Crippen LogP contribution < -0.4 is 0 Å². The number of carbonyl (C=O) groups excluding carboxylic acids is 1. The van der Waals surface area contributed by atoms with Crippen molar-refractivity contribution in [3.05, 3.63) is 23.9 Å². The number of carboxylic acids is 1. The summed E-state index contributed by atoms with van der Waals surface area (Å²) in [6.07, 6.45) is 0. The molecule has 0 amide bonds. The van der Waals surface area contributed by atoms with Crippen molar-refractivity contribution in [3.8, 4) is 0 Å². The van der Waals surface area contributed by atoms with E-state index in [0.29, 0.717) is 5.03 Å². The minimum absolute atomic E-state index is 0.0372. The van der Waals surface area contributed by atoms with E-state index in [2.05, 4.69) is 9.72 Å². The fourth-order valence-electron chi connectivity index (χ4n) is 0.806. The highest BCUT2D eigenvalue weighted by Gasteiger charge is 2.07. The number of hydrogen-bond acceptors (Lipinski definition) is 5. The van der Waals surface area contributed by atoms with E-state index in [1.807, 2.05) is 0 Å². The van der Waals surface area contributed by atoms with Crippen LogP contribution in [0.15, 0.2) is 23.2 Å². The summed E-state index contributed by atoms with van der Waals surface area (Å²) in [6.45, 7) is 0. The first-order valence-corrected chi connectivity index (χ1v) is 5.02. The third-order valence-corrected chi connectivity index (χ3v) is 2.41. The second kappa shape index (κ2) is 5.35. The van der Waals surface area contributed by atoms with Crippen LogP contribution in [0.1, 0.15) is 10.5 Å². The first-order chi connectivity index (χ1) is 7.13. The highest BCUT2D eigenvalue weighted by atomic mass is 32.2. The van der Waals surface area contributed by atoms with Crippen molar-refractivity contribution in [2.45, 2.75) is 5.03 Å². The maximum atomic E-state index is 10.8. The average molecular weight is 227 g/mol. The van der Waals surface area contributed by atoms with Crippen LogP contribution in [-0.2, 0) is 9.53 Å². The number of thioether (sulfide) groups is 1. The van der Waals surface area contributed by atoms with E-state index in [1.165, 1.54) is 13.2 Å². The van der Waals surface area contributed by atoms with E-state index < -0.39 is 5.97 Å². The van der Waals surface area contributed by atoms with E-state index >= 15 is 0 Å². The van der Waals surface area contributed by atoms with E-state index in [1.54, 1.807) is 12.1 Å². The van der Waals surface area contributed by atoms with Crippen LogP contribution in [0.25, 0.3) is 0 Å². The van der Waals surface area contributed by atoms with Gasteiger partial charge in [-0.1, -0.05) is 17.8 Å². The van der Waals surface area contributed by atoms with Crippen molar-refractivity contribution in [1.82, 2.24) is 4.98 Å². The van der Waals surface area contributed by atoms with Gasteiger partial charge in [0.25, 0.3) is 0 Å². The predicted octanol–water partition coefficient (Wildman–Crippen LogP) is 1.04. The summed E-state index contributed by atoms with van der Waals surface area (Å²) in [6, 6.07) is 4.61. The van der Waals surface area contributed by atoms with Gasteiger partial charge in [-0.3, -0.25) is 4.79 Å². The molecule has 0 saturated heterocycles. The number of aromatic carboxylic acids is 1. The van der Waals surface area contributed by atoms with Gasteiger partial charge in [-0.2, -0.15) is 0 Å². The van der Waals surface area contributed by atoms with Crippen LogP contribution in [-0.4, -0.2) is 34.9 Å². The molecule has 0 atom stereocenters. The fraction of sp³-hybridized carbons (Fsp3) is 0.222. The lowest BCUT2D eigenvalue weighted by molar-refractivity contribution is -0.137. The topological polar surface area (TPSA) is 76.5 Å². The molecule has 1 aromatic heterocycles. The zero-order valence-electron chi connectivity index (χ0n) is 7.97. The minimum Gasteiger partial charge on any atom is -0.477 e. The number of aromatic nitrogens is 1. The van der Waals surface area contributed by atoms with Gasteiger partial charge >= 0.3 is 11.9 Å². The maximum Gasteiger partial charge on any atom is 0.354 e. The Balaban J connectivity index is 2.66. The molecule has 0 aliphatic heterocycles. The van der Waals surface area contributed by atoms with Crippen molar-refractivity contribution in [2.24, 2.45) is 0 Å². The second-order valence-corrected chi connectivity index (χ2v) is 3.53. The van der Waals surface area contributed by atoms with Crippen molar-refractivity contribution >= 4 is 23.7 Å². The number of carbonyl (C=O) groups is 2. The van der Waals surface area contributed by atoms with Crippen molar-refractivity contribution in [2.75, 3.05) is 12.9 Å². The summed E-state index contributed by atoms with van der Waals surface area (Å²) in [5.41, 5.74) is -0.0372. The van der Waals surface area contributed by atoms with Gasteiger partial charge in [0.1, 0.15) is 5.69 Å². The Bertz CT molecular complexity index is 380. The quantitative estimate of drug-likeness (QED) is 0.612. The van der Waals surface area contributed by atoms with E-state index in [4.69, 9.17) is 5.11 Å². The highest BCUT2D eigenvalue weighted by Crippen LogP contribution is 2.15. The molecule has 5 nitrogen and oxygen atoms in total. The molecular formula is C9H9NO4S. The van der Waals surface area contributed by atoms with Gasteiger partial charge in [-0.15, -0.1) is 0 Å². The van der Waals surface area contributed by atoms with Gasteiger partial charge in [0, 0.05) is 0 Å². The first kappa shape index (κ1) is 11.5. The molecular weight excluding hydrogens is 218 g/mol. The fourth-order valence-corrected chi connectivity index (χ4v) is 1.53. The molecule has 1 heterocycles. The van der Waals surface area contributed by atoms with Crippen LogP contribution in [0, 0.1) is 0 Å². The molecule has 1 N–H and O–H groups in total. The van der Waals surface area contributed by atoms with Crippen LogP contribution >= 0.6 is 11.8 Å². The molecule has 0 aromatic carbocycles. The summed E-state index contributed by atoms with van der Waals surface area (Å²) in [7, 11) is 1.30. The Labute approximate surface area is 90.5 Å². The van der Waals surface area contributed by atoms with Gasteiger partial charge in [0.15, 0.2) is 0 Å². The zero-order chi connectivity index (χ0) is 11.3. The molecule has 0 bridgehead atoms. The zero-order valence-corrected chi connectivity index (χ0v) is 8.78. The number of methoxy groups -OCH3 is 1. The summed E-state index contributed by atoms with van der Waals surface area (Å²) >= 11 is 1.14. The van der Waals surface area contributed by atoms with Gasteiger partial charge in [0.05, 0.1) is 17.9 Å². The van der Waals surface area contributed by atoms with Crippen LogP contribution in [0.5, 0.6) is 0 Å². The van der Waals surface area contributed by atoms with Crippen LogP contribution in [0.4, 0.5) is 0 Å². The second-order valence-electron chi connectivity index (χ2n) is 2.53. The number of ether oxygens (including phenoxy) is 1. The van der Waals surface area contributed by atoms with Crippen molar-refractivity contribution < 1.29 is 19.4 Å². The SMILES string of the molecule is COC(=O)CSc1cccc(C(=O)O)n1. The summed E-state index contributed by atoms with van der Waals surface area (Å²) in [5.74, 6) is -1.34. The molecule has 0 fully saturated rings. The Kier molecular flexibility index (Phi) is 4.11. The number of carboxylic acid groups (broad SMARTS) is 1. The number of nitrogens with zero attached hydrogens (tertiary/aromatic N) is 1. The van der Waals surface area contributed by atoms with Crippen molar-refractivity contribution in [3.63, 3.8) is 0 Å². The first-order valence-electron chi connectivity index (χ1n) is 4.03. The molecule has 0 unspecified atom stereocenters. The molecule has 0 aliphatic carbocycles. The minimum atomic E-state index is -1.09. The molecule has 15 heavy (non-hydrogen) atoms. The predicted molar refractivity (Wildman–Crippen MR) is 53.9 cm³/mol. The summed E-state index contributed by atoms with van der Waals surface area (Å²) < 4.78 is 4.45. The molecule has 0 aliphatic rings. The van der Waals surface area contributed by atoms with E-state index in [-0.39, 0.29) is 17.4 Å². The van der Waals surface area contributed by atoms with Gasteiger partial charge in [0.2, 0.25) is 0 Å². The number of hydrogen-bond donors (Lipinski definition) is 1. The Morgan fingerprint density at radius 2 is 2.27 bits per heavy atom. The number of pyridine rings is 1. The largest absolute Gasteiger partial charge is 0.477 e. The molecule has 1 rings (SSSR count). The normalized spacial score (nSPS) is 9.67. The highest BCUT2D eigenvalue weighted by molar-refractivity contribution is 7.99. The summed E-state index contributed by atoms with van der Waals surface area (Å²) in [4.78, 5) is 25.2. The Hall–Kier alpha value is -1.56. The third kappa shape index (κ3) is 3.59. The molecule has 6 heteroatoms. The van der Waals surface area contributed by atoms with E-state index in [9.17, 15) is 9.59 Å². The Morgan fingerprint density at radius 3 is 2.87 bits per heavy atom. The molecule has 1 aromatic rings. The number of rotatable bonds is 4. The van der Waals surface area contributed by atoms with Crippen molar-refractivity contribution in [1.29, 1.82) is 0 Å². The van der Waals surface area contributed by atoms with Crippen LogP contribution in [0.2, 0.25) is 0 Å². The van der Waals surface area contributed by atoms with Gasteiger partial charge in [-0.05, 0) is 12.1 Å². The Morgan fingerprint density at radius 1 is 1.53 bits per heavy atom. The standard InChI is InChI=1S/C9H9NO4S/c1-14-8(11)5-15-7-4-2-3-6(10-7)9(12)13/h2-4H,5H2,1H3,(H,12,13). The van der Waals surface area contributed by atoms with Gasteiger partial charge in [-0.25, -0.2) is 9.78 Å². The lowest BCUT2D eigenvalue weighted by Crippen LogP contribution is -2.04. The average Bonchev–Trinajstić information content (AvgIpc) is 2.26. The molecule has 0 radical (unpaired) electrons. The molecule has 0 spiro atoms. The monoisotopic (exact) mass is 227 g/mol.